The van der Waals surface area contributed by atoms with Gasteiger partial charge in [-0.15, -0.1) is 0 Å². The fourth-order valence-electron chi connectivity index (χ4n) is 1.93. The van der Waals surface area contributed by atoms with Crippen LogP contribution < -0.4 is 4.90 Å². The molecule has 1 aromatic rings. The fraction of sp³-hybridized carbons (Fsp3) is 0.667. The highest BCUT2D eigenvalue weighted by Crippen LogP contribution is 2.27. The molecule has 0 aromatic carbocycles. The molecule has 0 unspecified atom stereocenters. The molecule has 1 fully saturated rings. The summed E-state index contributed by atoms with van der Waals surface area (Å²) in [4.78, 5) is 18.8. The van der Waals surface area contributed by atoms with Crippen LogP contribution in [0.2, 0.25) is 0 Å². The van der Waals surface area contributed by atoms with Crippen LogP contribution >= 0.6 is 23.1 Å². The van der Waals surface area contributed by atoms with Gasteiger partial charge in [-0.3, -0.25) is 4.79 Å². The van der Waals surface area contributed by atoms with Crippen LogP contribution in [-0.2, 0) is 6.42 Å². The van der Waals surface area contributed by atoms with E-state index in [1.807, 2.05) is 11.8 Å². The van der Waals surface area contributed by atoms with Crippen molar-refractivity contribution < 1.29 is 4.79 Å². The molecule has 17 heavy (non-hydrogen) atoms. The van der Waals surface area contributed by atoms with Crippen molar-refractivity contribution >= 4 is 34.5 Å². The molecule has 0 N–H and O–H groups in total. The molecule has 94 valence electrons. The van der Waals surface area contributed by atoms with Crippen molar-refractivity contribution in [3.05, 3.63) is 10.6 Å². The Hall–Kier alpha value is -0.550. The number of hydrogen-bond acceptors (Lipinski definition) is 5. The van der Waals surface area contributed by atoms with E-state index in [0.717, 1.165) is 47.9 Å². The third kappa shape index (κ3) is 3.22. The van der Waals surface area contributed by atoms with E-state index in [1.54, 1.807) is 11.3 Å². The van der Waals surface area contributed by atoms with Gasteiger partial charge in [0.2, 0.25) is 0 Å². The third-order valence-electron chi connectivity index (χ3n) is 2.80. The van der Waals surface area contributed by atoms with Crippen molar-refractivity contribution in [1.29, 1.82) is 0 Å². The van der Waals surface area contributed by atoms with Gasteiger partial charge in [-0.1, -0.05) is 24.7 Å². The van der Waals surface area contributed by atoms with Crippen LogP contribution in [-0.4, -0.2) is 35.9 Å². The van der Waals surface area contributed by atoms with Gasteiger partial charge in [-0.05, 0) is 18.6 Å². The van der Waals surface area contributed by atoms with E-state index in [0.29, 0.717) is 0 Å². The van der Waals surface area contributed by atoms with Gasteiger partial charge in [0.1, 0.15) is 0 Å². The molecular formula is C12H18N2OS2. The summed E-state index contributed by atoms with van der Waals surface area (Å²) in [5, 5.41) is 1.04. The summed E-state index contributed by atoms with van der Waals surface area (Å²) in [6, 6.07) is 0. The van der Waals surface area contributed by atoms with Crippen LogP contribution in [0.4, 0.5) is 5.13 Å². The van der Waals surface area contributed by atoms with Gasteiger partial charge in [0.25, 0.3) is 0 Å². The lowest BCUT2D eigenvalue weighted by molar-refractivity contribution is 0.112. The Morgan fingerprint density at radius 1 is 1.41 bits per heavy atom. The Morgan fingerprint density at radius 2 is 2.29 bits per heavy atom. The standard InChI is InChI=1S/C12H18N2OS2/c1-2-4-10-11(9-15)17-12(13-10)14-5-3-7-16-8-6-14/h9H,2-8H2,1H3. The molecule has 2 rings (SSSR count). The molecule has 0 spiro atoms. The van der Waals surface area contributed by atoms with Crippen LogP contribution in [0.15, 0.2) is 0 Å². The molecule has 1 saturated heterocycles. The first-order valence-electron chi connectivity index (χ1n) is 6.12. The SMILES string of the molecule is CCCc1nc(N2CCCSCC2)sc1C=O. The number of thioether (sulfide) groups is 1. The summed E-state index contributed by atoms with van der Waals surface area (Å²) < 4.78 is 0. The summed E-state index contributed by atoms with van der Waals surface area (Å²) in [7, 11) is 0. The van der Waals surface area contributed by atoms with Gasteiger partial charge < -0.3 is 4.90 Å². The van der Waals surface area contributed by atoms with E-state index in [9.17, 15) is 4.79 Å². The number of carbonyl (C=O) groups is 1. The molecule has 0 saturated carbocycles. The van der Waals surface area contributed by atoms with E-state index >= 15 is 0 Å². The molecule has 1 aliphatic heterocycles. The van der Waals surface area contributed by atoms with Crippen LogP contribution in [0, 0.1) is 0 Å². The Morgan fingerprint density at radius 3 is 3.06 bits per heavy atom. The number of aryl methyl sites for hydroxylation is 1. The second kappa shape index (κ2) is 6.40. The summed E-state index contributed by atoms with van der Waals surface area (Å²) in [5.74, 6) is 2.41. The number of thiazole rings is 1. The van der Waals surface area contributed by atoms with E-state index in [4.69, 9.17) is 0 Å². The van der Waals surface area contributed by atoms with Gasteiger partial charge in [-0.2, -0.15) is 11.8 Å². The summed E-state index contributed by atoms with van der Waals surface area (Å²) >= 11 is 3.56. The predicted molar refractivity (Wildman–Crippen MR) is 75.7 cm³/mol. The van der Waals surface area contributed by atoms with Crippen LogP contribution in [0.25, 0.3) is 0 Å². The average molecular weight is 270 g/mol. The Bertz CT molecular complexity index is 371. The second-order valence-corrected chi connectivity index (χ2v) is 6.36. The van der Waals surface area contributed by atoms with Gasteiger partial charge >= 0.3 is 0 Å². The third-order valence-corrected chi connectivity index (χ3v) is 4.94. The lowest BCUT2D eigenvalue weighted by Gasteiger charge is -2.18. The number of rotatable bonds is 4. The monoisotopic (exact) mass is 270 g/mol. The van der Waals surface area contributed by atoms with Gasteiger partial charge in [-0.25, -0.2) is 4.98 Å². The van der Waals surface area contributed by atoms with Gasteiger partial charge in [0.15, 0.2) is 11.4 Å². The Labute approximate surface area is 111 Å². The topological polar surface area (TPSA) is 33.2 Å². The van der Waals surface area contributed by atoms with E-state index in [2.05, 4.69) is 16.8 Å². The maximum absolute atomic E-state index is 11.0. The first-order valence-corrected chi connectivity index (χ1v) is 8.10. The lowest BCUT2D eigenvalue weighted by atomic mass is 10.2. The number of carbonyl (C=O) groups excluding carboxylic acids is 1. The second-order valence-electron chi connectivity index (χ2n) is 4.13. The largest absolute Gasteiger partial charge is 0.347 e. The molecule has 3 nitrogen and oxygen atoms in total. The smallest absolute Gasteiger partial charge is 0.186 e. The van der Waals surface area contributed by atoms with Crippen LogP contribution in [0.3, 0.4) is 0 Å². The number of aromatic nitrogens is 1. The zero-order valence-electron chi connectivity index (χ0n) is 10.1. The number of nitrogens with zero attached hydrogens (tertiary/aromatic N) is 2. The number of aldehydes is 1. The Kier molecular flexibility index (Phi) is 4.86. The molecular weight excluding hydrogens is 252 g/mol. The zero-order chi connectivity index (χ0) is 12.1. The first kappa shape index (κ1) is 12.9. The minimum Gasteiger partial charge on any atom is -0.347 e. The molecule has 1 aliphatic rings. The molecule has 0 atom stereocenters. The summed E-state index contributed by atoms with van der Waals surface area (Å²) in [6.45, 7) is 4.25. The van der Waals surface area contributed by atoms with Crippen LogP contribution in [0.1, 0.15) is 35.1 Å². The van der Waals surface area contributed by atoms with Crippen molar-refractivity contribution in [2.45, 2.75) is 26.2 Å². The lowest BCUT2D eigenvalue weighted by Crippen LogP contribution is -2.25. The van der Waals surface area contributed by atoms with Gasteiger partial charge in [0.05, 0.1) is 10.6 Å². The molecule has 0 bridgehead atoms. The summed E-state index contributed by atoms with van der Waals surface area (Å²) in [5.41, 5.74) is 0.986. The van der Waals surface area contributed by atoms with E-state index in [1.165, 1.54) is 17.9 Å². The number of anilines is 1. The fourth-order valence-corrected chi connectivity index (χ4v) is 3.80. The van der Waals surface area contributed by atoms with Crippen molar-refractivity contribution in [3.8, 4) is 0 Å². The first-order chi connectivity index (χ1) is 8.35. The predicted octanol–water partition coefficient (Wildman–Crippen LogP) is 2.85. The average Bonchev–Trinajstić information content (AvgIpc) is 2.58. The maximum Gasteiger partial charge on any atom is 0.186 e. The van der Waals surface area contributed by atoms with Crippen molar-refractivity contribution in [1.82, 2.24) is 4.98 Å². The van der Waals surface area contributed by atoms with E-state index < -0.39 is 0 Å². The normalized spacial score (nSPS) is 16.9. The maximum atomic E-state index is 11.0. The van der Waals surface area contributed by atoms with Crippen LogP contribution in [0.5, 0.6) is 0 Å². The Balaban J connectivity index is 2.16. The summed E-state index contributed by atoms with van der Waals surface area (Å²) in [6.07, 6.45) is 4.12. The molecule has 5 heteroatoms. The quantitative estimate of drug-likeness (QED) is 0.788. The van der Waals surface area contributed by atoms with Crippen molar-refractivity contribution in [3.63, 3.8) is 0 Å². The van der Waals surface area contributed by atoms with Crippen molar-refractivity contribution in [2.75, 3.05) is 29.5 Å². The highest BCUT2D eigenvalue weighted by molar-refractivity contribution is 7.99. The molecule has 2 heterocycles. The minimum atomic E-state index is 0.818. The molecule has 0 amide bonds. The van der Waals surface area contributed by atoms with Crippen molar-refractivity contribution in [2.24, 2.45) is 0 Å². The highest BCUT2D eigenvalue weighted by Gasteiger charge is 2.16. The number of hydrogen-bond donors (Lipinski definition) is 0. The van der Waals surface area contributed by atoms with E-state index in [-0.39, 0.29) is 0 Å². The minimum absolute atomic E-state index is 0.818. The zero-order valence-corrected chi connectivity index (χ0v) is 11.8. The molecule has 1 aromatic heterocycles. The highest BCUT2D eigenvalue weighted by atomic mass is 32.2. The van der Waals surface area contributed by atoms with Gasteiger partial charge in [0, 0.05) is 18.8 Å². The molecule has 0 radical (unpaired) electrons. The molecule has 0 aliphatic carbocycles.